The van der Waals surface area contributed by atoms with Crippen LogP contribution < -0.4 is 5.73 Å². The Hall–Kier alpha value is -2.32. The summed E-state index contributed by atoms with van der Waals surface area (Å²) in [7, 11) is 0. The minimum Gasteiger partial charge on any atom is -0.480 e. The number of hydrogen-bond donors (Lipinski definition) is 2. The average molecular weight is 260 g/mol. The molecule has 0 fully saturated rings. The third-order valence-corrected chi connectivity index (χ3v) is 2.54. The van der Waals surface area contributed by atoms with Gasteiger partial charge in [-0.1, -0.05) is 36.3 Å². The zero-order chi connectivity index (χ0) is 14.3. The number of carbonyl (C=O) groups is 2. The lowest BCUT2D eigenvalue weighted by atomic mass is 10.1. The van der Waals surface area contributed by atoms with Gasteiger partial charge < -0.3 is 15.7 Å². The second-order valence-corrected chi connectivity index (χ2v) is 4.09. The molecular weight excluding hydrogens is 244 g/mol. The van der Waals surface area contributed by atoms with E-state index >= 15 is 0 Å². The summed E-state index contributed by atoms with van der Waals surface area (Å²) in [6, 6.07) is 8.49. The Morgan fingerprint density at radius 1 is 1.37 bits per heavy atom. The minimum atomic E-state index is -1.12. The van der Waals surface area contributed by atoms with E-state index in [1.807, 2.05) is 30.3 Å². The van der Waals surface area contributed by atoms with Gasteiger partial charge in [0.25, 0.3) is 0 Å². The fourth-order valence-electron chi connectivity index (χ4n) is 1.68. The molecule has 0 aliphatic rings. The topological polar surface area (TPSA) is 83.6 Å². The first-order valence-corrected chi connectivity index (χ1v) is 5.78. The molecule has 5 nitrogen and oxygen atoms in total. The third kappa shape index (κ3) is 4.82. The van der Waals surface area contributed by atoms with E-state index < -0.39 is 24.5 Å². The molecule has 1 amide bonds. The largest absolute Gasteiger partial charge is 0.480 e. The molecule has 0 radical (unpaired) electrons. The Morgan fingerprint density at radius 3 is 2.53 bits per heavy atom. The van der Waals surface area contributed by atoms with Crippen molar-refractivity contribution in [2.75, 3.05) is 13.1 Å². The number of amides is 1. The Morgan fingerprint density at radius 2 is 2.00 bits per heavy atom. The summed E-state index contributed by atoms with van der Waals surface area (Å²) in [5.74, 6) is 0.689. The van der Waals surface area contributed by atoms with Gasteiger partial charge in [0.2, 0.25) is 5.91 Å². The Labute approximate surface area is 112 Å². The van der Waals surface area contributed by atoms with Gasteiger partial charge in [0.1, 0.15) is 6.54 Å². The number of aliphatic carboxylic acids is 1. The van der Waals surface area contributed by atoms with Crippen LogP contribution in [0.2, 0.25) is 0 Å². The Kier molecular flexibility index (Phi) is 5.58. The molecule has 19 heavy (non-hydrogen) atoms. The number of carboxylic acids is 1. The monoisotopic (exact) mass is 260 g/mol. The molecule has 3 N–H and O–H groups in total. The quantitative estimate of drug-likeness (QED) is 0.711. The van der Waals surface area contributed by atoms with E-state index in [0.717, 1.165) is 10.5 Å². The van der Waals surface area contributed by atoms with Crippen molar-refractivity contribution >= 4 is 11.9 Å². The highest BCUT2D eigenvalue weighted by Gasteiger charge is 2.22. The zero-order valence-corrected chi connectivity index (χ0v) is 10.5. The molecule has 1 atom stereocenters. The molecule has 1 aromatic rings. The predicted octanol–water partition coefficient (Wildman–Crippen LogP) is 0.103. The van der Waals surface area contributed by atoms with Gasteiger partial charge in [-0.2, -0.15) is 0 Å². The highest BCUT2D eigenvalue weighted by Crippen LogP contribution is 2.04. The van der Waals surface area contributed by atoms with E-state index in [1.165, 1.54) is 0 Å². The molecular formula is C14H16N2O3. The summed E-state index contributed by atoms with van der Waals surface area (Å²) in [5.41, 5.74) is 6.72. The molecule has 0 heterocycles. The van der Waals surface area contributed by atoms with Crippen LogP contribution in [-0.4, -0.2) is 41.0 Å². The van der Waals surface area contributed by atoms with Crippen LogP contribution in [-0.2, 0) is 16.0 Å². The molecule has 5 heteroatoms. The lowest BCUT2D eigenvalue weighted by Crippen LogP contribution is -2.47. The standard InChI is InChI=1S/C14H16N2O3/c1-2-8-16(10-13(17)18)14(19)12(15)9-11-6-4-3-5-7-11/h1,3-7,12H,8-10,15H2,(H,17,18)/t12-/m0/s1. The molecule has 0 saturated carbocycles. The van der Waals surface area contributed by atoms with Crippen molar-refractivity contribution in [2.45, 2.75) is 12.5 Å². The van der Waals surface area contributed by atoms with Crippen molar-refractivity contribution in [2.24, 2.45) is 5.73 Å². The van der Waals surface area contributed by atoms with Crippen molar-refractivity contribution in [3.8, 4) is 12.3 Å². The number of nitrogens with zero attached hydrogens (tertiary/aromatic N) is 1. The van der Waals surface area contributed by atoms with Crippen LogP contribution >= 0.6 is 0 Å². The second kappa shape index (κ2) is 7.19. The van der Waals surface area contributed by atoms with Crippen LogP contribution in [0.25, 0.3) is 0 Å². The summed E-state index contributed by atoms with van der Waals surface area (Å²) in [5, 5.41) is 8.73. The molecule has 0 aliphatic heterocycles. The fourth-order valence-corrected chi connectivity index (χ4v) is 1.68. The van der Waals surface area contributed by atoms with E-state index in [1.54, 1.807) is 0 Å². The van der Waals surface area contributed by atoms with Gasteiger partial charge >= 0.3 is 5.97 Å². The SMILES string of the molecule is C#CCN(CC(=O)O)C(=O)[C@@H](N)Cc1ccccc1. The zero-order valence-electron chi connectivity index (χ0n) is 10.5. The van der Waals surface area contributed by atoms with Gasteiger partial charge in [0.05, 0.1) is 12.6 Å². The van der Waals surface area contributed by atoms with Crippen molar-refractivity contribution in [3.05, 3.63) is 35.9 Å². The summed E-state index contributed by atoms with van der Waals surface area (Å²) in [4.78, 5) is 23.7. The van der Waals surface area contributed by atoms with Gasteiger partial charge in [-0.3, -0.25) is 9.59 Å². The van der Waals surface area contributed by atoms with E-state index in [0.29, 0.717) is 6.42 Å². The lowest BCUT2D eigenvalue weighted by Gasteiger charge is -2.22. The average Bonchev–Trinajstić information content (AvgIpc) is 2.38. The number of carbonyl (C=O) groups excluding carboxylic acids is 1. The van der Waals surface area contributed by atoms with E-state index in [-0.39, 0.29) is 6.54 Å². The first kappa shape index (κ1) is 14.7. The maximum Gasteiger partial charge on any atom is 0.323 e. The summed E-state index contributed by atoms with van der Waals surface area (Å²) >= 11 is 0. The van der Waals surface area contributed by atoms with Crippen LogP contribution in [0.5, 0.6) is 0 Å². The van der Waals surface area contributed by atoms with Gasteiger partial charge in [0.15, 0.2) is 0 Å². The molecule has 1 aromatic carbocycles. The molecule has 100 valence electrons. The molecule has 0 aromatic heterocycles. The van der Waals surface area contributed by atoms with Crippen molar-refractivity contribution in [3.63, 3.8) is 0 Å². The number of nitrogens with two attached hydrogens (primary N) is 1. The van der Waals surface area contributed by atoms with Gasteiger partial charge in [-0.05, 0) is 12.0 Å². The maximum atomic E-state index is 12.0. The molecule has 0 aliphatic carbocycles. The van der Waals surface area contributed by atoms with Gasteiger partial charge in [0, 0.05) is 0 Å². The Bertz CT molecular complexity index is 479. The van der Waals surface area contributed by atoms with E-state index in [2.05, 4.69) is 5.92 Å². The number of carboxylic acid groups (broad SMARTS) is 1. The van der Waals surface area contributed by atoms with Crippen LogP contribution in [0, 0.1) is 12.3 Å². The number of rotatable bonds is 6. The normalized spacial score (nSPS) is 11.4. The van der Waals surface area contributed by atoms with Crippen LogP contribution in [0.1, 0.15) is 5.56 Å². The molecule has 0 unspecified atom stereocenters. The summed E-state index contributed by atoms with van der Waals surface area (Å²) < 4.78 is 0. The third-order valence-electron chi connectivity index (χ3n) is 2.54. The van der Waals surface area contributed by atoms with E-state index in [4.69, 9.17) is 17.3 Å². The highest BCUT2D eigenvalue weighted by molar-refractivity contribution is 5.85. The van der Waals surface area contributed by atoms with Crippen molar-refractivity contribution in [1.29, 1.82) is 0 Å². The lowest BCUT2D eigenvalue weighted by molar-refractivity contribution is -0.144. The first-order chi connectivity index (χ1) is 9.04. The molecule has 0 spiro atoms. The van der Waals surface area contributed by atoms with Crippen molar-refractivity contribution < 1.29 is 14.7 Å². The smallest absolute Gasteiger partial charge is 0.323 e. The molecule has 0 saturated heterocycles. The number of terminal acetylenes is 1. The highest BCUT2D eigenvalue weighted by atomic mass is 16.4. The fraction of sp³-hybridized carbons (Fsp3) is 0.286. The summed E-state index contributed by atoms with van der Waals surface area (Å²) in [6.07, 6.45) is 5.47. The number of benzene rings is 1. The maximum absolute atomic E-state index is 12.0. The van der Waals surface area contributed by atoms with Crippen LogP contribution in [0.3, 0.4) is 0 Å². The van der Waals surface area contributed by atoms with E-state index in [9.17, 15) is 9.59 Å². The summed E-state index contributed by atoms with van der Waals surface area (Å²) in [6.45, 7) is -0.501. The van der Waals surface area contributed by atoms with Gasteiger partial charge in [-0.25, -0.2) is 0 Å². The first-order valence-electron chi connectivity index (χ1n) is 5.78. The second-order valence-electron chi connectivity index (χ2n) is 4.09. The van der Waals surface area contributed by atoms with Crippen LogP contribution in [0.4, 0.5) is 0 Å². The predicted molar refractivity (Wildman–Crippen MR) is 71.2 cm³/mol. The van der Waals surface area contributed by atoms with Crippen molar-refractivity contribution in [1.82, 2.24) is 4.90 Å². The minimum absolute atomic E-state index is 0.0619. The molecule has 0 bridgehead atoms. The van der Waals surface area contributed by atoms with Gasteiger partial charge in [-0.15, -0.1) is 6.42 Å². The Balaban J connectivity index is 2.68. The number of hydrogen-bond acceptors (Lipinski definition) is 3. The molecule has 1 rings (SSSR count). The van der Waals surface area contributed by atoms with Crippen LogP contribution in [0.15, 0.2) is 30.3 Å².